The van der Waals surface area contributed by atoms with Crippen LogP contribution in [0.3, 0.4) is 0 Å². The number of rotatable bonds is 6. The SMILES string of the molecule is C=C(CCCCCC)[SiH2]O.I. The molecule has 0 aliphatic carbocycles. The van der Waals surface area contributed by atoms with E-state index in [2.05, 4.69) is 13.5 Å². The molecular weight excluding hydrogens is 267 g/mol. The average Bonchev–Trinajstić information content (AvgIpc) is 1.98. The van der Waals surface area contributed by atoms with E-state index in [0.717, 1.165) is 11.6 Å². The maximum Gasteiger partial charge on any atom is 0.183 e. The van der Waals surface area contributed by atoms with Crippen LogP contribution in [0, 0.1) is 0 Å². The number of unbranched alkanes of at least 4 members (excludes halogenated alkanes) is 3. The number of hydrogen-bond acceptors (Lipinski definition) is 1. The highest BCUT2D eigenvalue weighted by atomic mass is 127. The van der Waals surface area contributed by atoms with Crippen LogP contribution in [0.25, 0.3) is 0 Å². The second-order valence-corrected chi connectivity index (χ2v) is 4.04. The molecule has 0 aromatic rings. The number of allylic oxidation sites excluding steroid dienone is 1. The predicted octanol–water partition coefficient (Wildman–Crippen LogP) is 2.16. The van der Waals surface area contributed by atoms with E-state index in [9.17, 15) is 0 Å². The Kier molecular flexibility index (Phi) is 13.7. The van der Waals surface area contributed by atoms with Gasteiger partial charge >= 0.3 is 0 Å². The van der Waals surface area contributed by atoms with E-state index in [1.54, 1.807) is 0 Å². The summed E-state index contributed by atoms with van der Waals surface area (Å²) in [5, 5.41) is 1.11. The highest BCUT2D eigenvalue weighted by Gasteiger charge is 1.91. The molecule has 0 heterocycles. The van der Waals surface area contributed by atoms with Gasteiger partial charge in [-0.05, 0) is 12.8 Å². The molecule has 0 fully saturated rings. The Morgan fingerprint density at radius 2 is 2.00 bits per heavy atom. The Morgan fingerprint density at radius 3 is 2.45 bits per heavy atom. The molecule has 0 aliphatic rings. The third kappa shape index (κ3) is 10.6. The zero-order chi connectivity index (χ0) is 7.82. The summed E-state index contributed by atoms with van der Waals surface area (Å²) in [5.41, 5.74) is 0. The quantitative estimate of drug-likeness (QED) is 0.451. The molecule has 0 unspecified atom stereocenters. The zero-order valence-electron chi connectivity index (χ0n) is 7.31. The van der Waals surface area contributed by atoms with Crippen molar-refractivity contribution in [3.05, 3.63) is 11.8 Å². The van der Waals surface area contributed by atoms with Crippen LogP contribution in [-0.4, -0.2) is 14.6 Å². The zero-order valence-corrected chi connectivity index (χ0v) is 11.0. The van der Waals surface area contributed by atoms with Gasteiger partial charge in [-0.2, -0.15) is 0 Å². The van der Waals surface area contributed by atoms with Gasteiger partial charge in [-0.1, -0.05) is 31.4 Å². The minimum Gasteiger partial charge on any atom is -0.434 e. The molecule has 0 rings (SSSR count). The summed E-state index contributed by atoms with van der Waals surface area (Å²) in [7, 11) is -0.890. The van der Waals surface area contributed by atoms with Crippen LogP contribution in [0.15, 0.2) is 11.8 Å². The second kappa shape index (κ2) is 10.6. The largest absolute Gasteiger partial charge is 0.434 e. The number of halogens is 1. The van der Waals surface area contributed by atoms with Crippen LogP contribution in [0.4, 0.5) is 0 Å². The molecule has 11 heavy (non-hydrogen) atoms. The molecule has 68 valence electrons. The van der Waals surface area contributed by atoms with Gasteiger partial charge in [0.25, 0.3) is 0 Å². The van der Waals surface area contributed by atoms with Gasteiger partial charge in [-0.15, -0.1) is 30.6 Å². The van der Waals surface area contributed by atoms with Gasteiger partial charge in [0.2, 0.25) is 0 Å². The third-order valence-electron chi connectivity index (χ3n) is 1.61. The lowest BCUT2D eigenvalue weighted by Gasteiger charge is -1.99. The van der Waals surface area contributed by atoms with E-state index < -0.39 is 9.76 Å². The Balaban J connectivity index is 0. The summed E-state index contributed by atoms with van der Waals surface area (Å²) >= 11 is 0. The first-order valence-corrected chi connectivity index (χ1v) is 5.42. The summed E-state index contributed by atoms with van der Waals surface area (Å²) in [6.45, 7) is 5.99. The lowest BCUT2D eigenvalue weighted by molar-refractivity contribution is 0.602. The van der Waals surface area contributed by atoms with Crippen LogP contribution in [-0.2, 0) is 0 Å². The maximum absolute atomic E-state index is 8.73. The van der Waals surface area contributed by atoms with E-state index in [1.807, 2.05) is 0 Å². The van der Waals surface area contributed by atoms with Gasteiger partial charge < -0.3 is 4.80 Å². The van der Waals surface area contributed by atoms with Crippen molar-refractivity contribution in [1.29, 1.82) is 0 Å². The fourth-order valence-electron chi connectivity index (χ4n) is 0.881. The molecule has 0 aliphatic heterocycles. The highest BCUT2D eigenvalue weighted by Crippen LogP contribution is 2.06. The third-order valence-corrected chi connectivity index (χ3v) is 2.41. The van der Waals surface area contributed by atoms with Crippen LogP contribution in [0.1, 0.15) is 39.0 Å². The molecule has 1 N–H and O–H groups in total. The van der Waals surface area contributed by atoms with Crippen molar-refractivity contribution in [1.82, 2.24) is 0 Å². The van der Waals surface area contributed by atoms with E-state index in [0.29, 0.717) is 0 Å². The lowest BCUT2D eigenvalue weighted by atomic mass is 10.1. The van der Waals surface area contributed by atoms with Crippen molar-refractivity contribution in [2.24, 2.45) is 0 Å². The normalized spacial score (nSPS) is 10.0. The topological polar surface area (TPSA) is 20.2 Å². The molecule has 1 nitrogen and oxygen atoms in total. The molecule has 0 radical (unpaired) electrons. The minimum atomic E-state index is -0.890. The average molecular weight is 286 g/mol. The first-order valence-electron chi connectivity index (χ1n) is 4.08. The van der Waals surface area contributed by atoms with Crippen molar-refractivity contribution in [2.75, 3.05) is 0 Å². The molecule has 0 saturated carbocycles. The molecule has 0 bridgehead atoms. The lowest BCUT2D eigenvalue weighted by Crippen LogP contribution is -1.92. The molecule has 0 atom stereocenters. The van der Waals surface area contributed by atoms with Gasteiger partial charge in [0.15, 0.2) is 9.76 Å². The predicted molar refractivity (Wildman–Crippen MR) is 64.1 cm³/mol. The van der Waals surface area contributed by atoms with Crippen LogP contribution in [0.2, 0.25) is 0 Å². The molecule has 0 aromatic carbocycles. The van der Waals surface area contributed by atoms with Crippen LogP contribution < -0.4 is 0 Å². The highest BCUT2D eigenvalue weighted by molar-refractivity contribution is 14.0. The van der Waals surface area contributed by atoms with Gasteiger partial charge in [-0.25, -0.2) is 0 Å². The molecular formula is C8H19IOSi. The van der Waals surface area contributed by atoms with E-state index >= 15 is 0 Å². The van der Waals surface area contributed by atoms with Crippen molar-refractivity contribution in [3.63, 3.8) is 0 Å². The smallest absolute Gasteiger partial charge is 0.183 e. The van der Waals surface area contributed by atoms with Crippen molar-refractivity contribution >= 4 is 33.7 Å². The molecule has 0 spiro atoms. The fourth-order valence-corrected chi connectivity index (χ4v) is 1.29. The summed E-state index contributed by atoms with van der Waals surface area (Å²) in [5.74, 6) is 0. The Morgan fingerprint density at radius 1 is 1.36 bits per heavy atom. The maximum atomic E-state index is 8.73. The van der Waals surface area contributed by atoms with Crippen LogP contribution >= 0.6 is 24.0 Å². The first kappa shape index (κ1) is 14.2. The fraction of sp³-hybridized carbons (Fsp3) is 0.750. The van der Waals surface area contributed by atoms with Gasteiger partial charge in [0.1, 0.15) is 0 Å². The van der Waals surface area contributed by atoms with Crippen molar-refractivity contribution < 1.29 is 4.80 Å². The monoisotopic (exact) mass is 286 g/mol. The number of hydrogen-bond donors (Lipinski definition) is 1. The van der Waals surface area contributed by atoms with Gasteiger partial charge in [0, 0.05) is 0 Å². The van der Waals surface area contributed by atoms with Crippen molar-refractivity contribution in [2.45, 2.75) is 39.0 Å². The summed E-state index contributed by atoms with van der Waals surface area (Å²) in [4.78, 5) is 8.73. The Bertz CT molecular complexity index is 96.1. The van der Waals surface area contributed by atoms with Crippen molar-refractivity contribution in [3.8, 4) is 0 Å². The van der Waals surface area contributed by atoms with Gasteiger partial charge in [0.05, 0.1) is 0 Å². The first-order chi connectivity index (χ1) is 4.81. The molecule has 3 heteroatoms. The van der Waals surface area contributed by atoms with E-state index in [1.165, 1.54) is 25.7 Å². The molecule has 0 saturated heterocycles. The molecule has 0 aromatic heterocycles. The minimum absolute atomic E-state index is 0. The molecule has 0 amide bonds. The van der Waals surface area contributed by atoms with E-state index in [4.69, 9.17) is 4.80 Å². The standard InChI is InChI=1S/C8H18OSi.HI/c1-3-4-5-6-7-8(2)10-9;/h9H,2-7,10H2,1H3;1H. The van der Waals surface area contributed by atoms with Crippen LogP contribution in [0.5, 0.6) is 0 Å². The Hall–Kier alpha value is 0.647. The second-order valence-electron chi connectivity index (χ2n) is 2.72. The van der Waals surface area contributed by atoms with E-state index in [-0.39, 0.29) is 24.0 Å². The summed E-state index contributed by atoms with van der Waals surface area (Å²) < 4.78 is 0. The summed E-state index contributed by atoms with van der Waals surface area (Å²) in [6.07, 6.45) is 6.18. The Labute approximate surface area is 89.2 Å². The van der Waals surface area contributed by atoms with Gasteiger partial charge in [-0.3, -0.25) is 0 Å². The summed E-state index contributed by atoms with van der Waals surface area (Å²) in [6, 6.07) is 0.